The second-order valence-corrected chi connectivity index (χ2v) is 9.58. The zero-order valence-electron chi connectivity index (χ0n) is 21.6. The van der Waals surface area contributed by atoms with E-state index >= 15 is 0 Å². The van der Waals surface area contributed by atoms with Gasteiger partial charge >= 0.3 is 0 Å². The number of likely N-dealkylation sites (N-methyl/N-ethyl adjacent to an activating group) is 1. The molecule has 3 amide bonds. The average Bonchev–Trinajstić information content (AvgIpc) is 3.19. The summed E-state index contributed by atoms with van der Waals surface area (Å²) < 4.78 is 4.48. The molecule has 1 aliphatic rings. The van der Waals surface area contributed by atoms with Crippen molar-refractivity contribution in [1.29, 1.82) is 5.41 Å². The van der Waals surface area contributed by atoms with Crippen molar-refractivity contribution in [3.8, 4) is 5.75 Å². The fourth-order valence-corrected chi connectivity index (χ4v) is 4.44. The minimum Gasteiger partial charge on any atom is -0.627 e. The standard InChI is InChI=1S/C28H30N6O5/c1-33(2)25(35)16-39-22-11-9-21(10-12-22)32-28(37)24-13-19-7-8-20(26(29)30)14-23(19)34(24,38)15-17-3-5-18(6-4-17)27(31)36/h3-12,14,24H,13,15-16H2,1-2H3,(H3,29,30)(H2,31,36)(H,32,37). The molecule has 39 heavy (non-hydrogen) atoms. The first-order chi connectivity index (χ1) is 18.5. The van der Waals surface area contributed by atoms with Crippen molar-refractivity contribution in [1.82, 2.24) is 9.55 Å². The van der Waals surface area contributed by atoms with Crippen LogP contribution >= 0.6 is 0 Å². The van der Waals surface area contributed by atoms with Crippen LogP contribution in [0.3, 0.4) is 0 Å². The highest BCUT2D eigenvalue weighted by molar-refractivity contribution is 5.99. The first-order valence-corrected chi connectivity index (χ1v) is 12.2. The molecule has 0 saturated carbocycles. The van der Waals surface area contributed by atoms with E-state index in [0.717, 1.165) is 0 Å². The van der Waals surface area contributed by atoms with Gasteiger partial charge in [-0.05, 0) is 36.4 Å². The third-order valence-corrected chi connectivity index (χ3v) is 6.66. The Morgan fingerprint density at radius 2 is 1.67 bits per heavy atom. The maximum atomic E-state index is 14.5. The molecular weight excluding hydrogens is 500 g/mol. The van der Waals surface area contributed by atoms with Gasteiger partial charge in [-0.15, -0.1) is 0 Å². The Balaban J connectivity index is 1.58. The van der Waals surface area contributed by atoms with Gasteiger partial charge in [0.1, 0.15) is 23.8 Å². The molecule has 0 aliphatic carbocycles. The quantitative estimate of drug-likeness (QED) is 0.143. The van der Waals surface area contributed by atoms with Gasteiger partial charge in [-0.1, -0.05) is 24.3 Å². The molecule has 4 rings (SSSR count). The zero-order chi connectivity index (χ0) is 28.3. The predicted octanol–water partition coefficient (Wildman–Crippen LogP) is 2.11. The summed E-state index contributed by atoms with van der Waals surface area (Å²) in [6, 6.07) is 16.8. The monoisotopic (exact) mass is 530 g/mol. The lowest BCUT2D eigenvalue weighted by molar-refractivity contribution is -0.130. The van der Waals surface area contributed by atoms with E-state index in [1.54, 1.807) is 68.7 Å². The van der Waals surface area contributed by atoms with E-state index in [2.05, 4.69) is 5.32 Å². The Morgan fingerprint density at radius 3 is 2.26 bits per heavy atom. The number of nitrogen functional groups attached to an aromatic ring is 1. The smallest absolute Gasteiger partial charge is 0.283 e. The summed E-state index contributed by atoms with van der Waals surface area (Å²) in [5.74, 6) is -0.965. The van der Waals surface area contributed by atoms with Crippen LogP contribution in [-0.4, -0.2) is 55.2 Å². The van der Waals surface area contributed by atoms with E-state index in [1.165, 1.54) is 17.0 Å². The van der Waals surface area contributed by atoms with E-state index in [4.69, 9.17) is 21.6 Å². The summed E-state index contributed by atoms with van der Waals surface area (Å²) in [4.78, 5) is 38.1. The normalized spacial score (nSPS) is 17.7. The maximum absolute atomic E-state index is 14.5. The Morgan fingerprint density at radius 1 is 1.03 bits per heavy atom. The highest BCUT2D eigenvalue weighted by Gasteiger charge is 2.45. The Bertz CT molecular complexity index is 1420. The van der Waals surface area contributed by atoms with Crippen LogP contribution < -0.4 is 26.2 Å². The van der Waals surface area contributed by atoms with Crippen LogP contribution in [0.15, 0.2) is 66.7 Å². The molecule has 202 valence electrons. The number of primary amides is 1. The second-order valence-electron chi connectivity index (χ2n) is 9.58. The van der Waals surface area contributed by atoms with Crippen molar-refractivity contribution in [3.05, 3.63) is 94.2 Å². The lowest BCUT2D eigenvalue weighted by atomic mass is 10.1. The summed E-state index contributed by atoms with van der Waals surface area (Å²) >= 11 is 0. The summed E-state index contributed by atoms with van der Waals surface area (Å²) in [5.41, 5.74) is 13.8. The Labute approximate surface area is 225 Å². The van der Waals surface area contributed by atoms with Gasteiger partial charge in [0.05, 0.1) is 0 Å². The molecule has 0 radical (unpaired) electrons. The lowest BCUT2D eigenvalue weighted by Gasteiger charge is -2.43. The Hall–Kier alpha value is -4.74. The SMILES string of the molecule is CN(C)C(=O)COc1ccc(NC(=O)C2Cc3ccc(C(=N)N)cc3[N+]2([O-])Cc2ccc(C(N)=O)cc2)cc1. The molecule has 6 N–H and O–H groups in total. The maximum Gasteiger partial charge on any atom is 0.283 e. The fraction of sp³-hybridized carbons (Fsp3) is 0.214. The van der Waals surface area contributed by atoms with Gasteiger partial charge in [-0.2, -0.15) is 0 Å². The number of rotatable bonds is 9. The van der Waals surface area contributed by atoms with Crippen LogP contribution in [0.5, 0.6) is 5.75 Å². The van der Waals surface area contributed by atoms with Gasteiger partial charge in [-0.25, -0.2) is 0 Å². The second kappa shape index (κ2) is 10.9. The minimum absolute atomic E-state index is 0.0852. The third kappa shape index (κ3) is 5.89. The van der Waals surface area contributed by atoms with Crippen LogP contribution in [0.1, 0.15) is 27.0 Å². The number of benzene rings is 3. The van der Waals surface area contributed by atoms with E-state index in [9.17, 15) is 19.6 Å². The number of nitrogens with one attached hydrogen (secondary N) is 2. The molecule has 3 aromatic carbocycles. The molecule has 0 saturated heterocycles. The van der Waals surface area contributed by atoms with E-state index in [1.807, 2.05) is 0 Å². The van der Waals surface area contributed by atoms with Crippen LogP contribution in [0, 0.1) is 10.6 Å². The van der Waals surface area contributed by atoms with Crippen LogP contribution in [0.2, 0.25) is 0 Å². The molecule has 2 atom stereocenters. The number of hydroxylamine groups is 2. The average molecular weight is 531 g/mol. The minimum atomic E-state index is -1.02. The molecule has 0 spiro atoms. The van der Waals surface area contributed by atoms with E-state index in [0.29, 0.717) is 39.4 Å². The van der Waals surface area contributed by atoms with E-state index in [-0.39, 0.29) is 31.3 Å². The number of amidine groups is 1. The number of nitrogens with two attached hydrogens (primary N) is 2. The molecule has 11 heteroatoms. The molecule has 0 bridgehead atoms. The van der Waals surface area contributed by atoms with Gasteiger partial charge in [-0.3, -0.25) is 19.8 Å². The summed E-state index contributed by atoms with van der Waals surface area (Å²) in [6.45, 7) is -0.198. The molecule has 11 nitrogen and oxygen atoms in total. The van der Waals surface area contributed by atoms with Gasteiger partial charge in [0.25, 0.3) is 11.8 Å². The van der Waals surface area contributed by atoms with Gasteiger partial charge in [0.15, 0.2) is 12.6 Å². The number of hydrogen-bond donors (Lipinski definition) is 4. The highest BCUT2D eigenvalue weighted by atomic mass is 16.6. The van der Waals surface area contributed by atoms with E-state index < -0.39 is 22.5 Å². The van der Waals surface area contributed by atoms with Crippen molar-refractivity contribution >= 4 is 34.9 Å². The fourth-order valence-electron chi connectivity index (χ4n) is 4.44. The van der Waals surface area contributed by atoms with Gasteiger partial charge in [0, 0.05) is 54.5 Å². The predicted molar refractivity (Wildman–Crippen MR) is 148 cm³/mol. The number of fused-ring (bicyclic) bond motifs is 1. The van der Waals surface area contributed by atoms with Crippen molar-refractivity contribution in [2.75, 3.05) is 26.0 Å². The summed E-state index contributed by atoms with van der Waals surface area (Å²) in [7, 11) is 3.27. The number of carbonyl (C=O) groups is 3. The van der Waals surface area contributed by atoms with Gasteiger partial charge in [0.2, 0.25) is 5.91 Å². The molecule has 3 aromatic rings. The van der Waals surface area contributed by atoms with Crippen LogP contribution in [0.4, 0.5) is 11.4 Å². The Kier molecular flexibility index (Phi) is 7.65. The number of quaternary nitrogens is 1. The molecule has 1 heterocycles. The van der Waals surface area contributed by atoms with Gasteiger partial charge < -0.3 is 36.3 Å². The molecule has 0 aromatic heterocycles. The molecule has 1 aliphatic heterocycles. The number of nitrogens with zero attached hydrogens (tertiary/aromatic N) is 2. The first-order valence-electron chi connectivity index (χ1n) is 12.2. The largest absolute Gasteiger partial charge is 0.627 e. The van der Waals surface area contributed by atoms with Crippen molar-refractivity contribution in [3.63, 3.8) is 0 Å². The first kappa shape index (κ1) is 27.3. The van der Waals surface area contributed by atoms with Crippen molar-refractivity contribution in [2.24, 2.45) is 11.5 Å². The highest BCUT2D eigenvalue weighted by Crippen LogP contribution is 2.41. The van der Waals surface area contributed by atoms with Crippen LogP contribution in [-0.2, 0) is 22.6 Å². The van der Waals surface area contributed by atoms with Crippen molar-refractivity contribution < 1.29 is 19.1 Å². The molecular formula is C28H30N6O5. The van der Waals surface area contributed by atoms with Crippen LogP contribution in [0.25, 0.3) is 0 Å². The van der Waals surface area contributed by atoms with Crippen molar-refractivity contribution in [2.45, 2.75) is 19.0 Å². The number of amides is 3. The lowest BCUT2D eigenvalue weighted by Crippen LogP contribution is -2.54. The summed E-state index contributed by atoms with van der Waals surface area (Å²) in [6.07, 6.45) is 0.191. The zero-order valence-corrected chi connectivity index (χ0v) is 21.6. The number of carbonyl (C=O) groups excluding carboxylic acids is 3. The number of ether oxygens (including phenoxy) is 1. The number of hydrogen-bond acceptors (Lipinski definition) is 6. The topological polar surface area (TPSA) is 175 Å². The third-order valence-electron chi connectivity index (χ3n) is 6.66. The summed E-state index contributed by atoms with van der Waals surface area (Å²) in [5, 5.41) is 25.1. The molecule has 2 unspecified atom stereocenters. The molecule has 0 fully saturated rings. The number of anilines is 1.